The molecule has 1 unspecified atom stereocenters. The van der Waals surface area contributed by atoms with Gasteiger partial charge in [-0.1, -0.05) is 34.1 Å². The molecule has 2 fully saturated rings. The van der Waals surface area contributed by atoms with E-state index in [-0.39, 0.29) is 0 Å². The van der Waals surface area contributed by atoms with Crippen molar-refractivity contribution in [3.05, 3.63) is 0 Å². The average Bonchev–Trinajstić information content (AvgIpc) is 2.48. The van der Waals surface area contributed by atoms with Crippen LogP contribution in [0, 0.1) is 22.2 Å². The summed E-state index contributed by atoms with van der Waals surface area (Å²) in [6, 6.07) is 0. The Morgan fingerprint density at radius 2 is 1.80 bits per heavy atom. The highest BCUT2D eigenvalue weighted by Gasteiger charge is 2.79. The molecule has 0 saturated heterocycles. The maximum absolute atomic E-state index is 10.9. The molecule has 1 N–H and O–H groups in total. The van der Waals surface area contributed by atoms with E-state index >= 15 is 0 Å². The SMILES string of the molecule is CC1(C)C(C)(C)C12CCCC2CC(=O)O. The van der Waals surface area contributed by atoms with E-state index in [2.05, 4.69) is 27.7 Å². The molecular weight excluding hydrogens is 188 g/mol. The third-order valence-electron chi connectivity index (χ3n) is 5.97. The first-order valence-electron chi connectivity index (χ1n) is 5.99. The Morgan fingerprint density at radius 1 is 1.27 bits per heavy atom. The second-order valence-corrected chi connectivity index (χ2v) is 6.41. The summed E-state index contributed by atoms with van der Waals surface area (Å²) in [4.78, 5) is 10.9. The van der Waals surface area contributed by atoms with Crippen LogP contribution >= 0.6 is 0 Å². The van der Waals surface area contributed by atoms with E-state index in [0.717, 1.165) is 6.42 Å². The normalized spacial score (nSPS) is 34.3. The van der Waals surface area contributed by atoms with E-state index in [0.29, 0.717) is 28.6 Å². The molecule has 1 spiro atoms. The highest BCUT2D eigenvalue weighted by atomic mass is 16.4. The van der Waals surface area contributed by atoms with E-state index in [9.17, 15) is 4.79 Å². The van der Waals surface area contributed by atoms with Crippen molar-refractivity contribution in [1.29, 1.82) is 0 Å². The molecule has 2 aliphatic rings. The van der Waals surface area contributed by atoms with Gasteiger partial charge in [-0.3, -0.25) is 4.79 Å². The highest BCUT2D eigenvalue weighted by Crippen LogP contribution is 2.85. The number of aliphatic carboxylic acids is 1. The summed E-state index contributed by atoms with van der Waals surface area (Å²) in [5, 5.41) is 8.97. The fourth-order valence-corrected chi connectivity index (χ4v) is 4.68. The zero-order chi connectivity index (χ0) is 11.5. The lowest BCUT2D eigenvalue weighted by Crippen LogP contribution is -2.20. The van der Waals surface area contributed by atoms with Gasteiger partial charge >= 0.3 is 5.97 Å². The summed E-state index contributed by atoms with van der Waals surface area (Å²) in [5.74, 6) is -0.222. The van der Waals surface area contributed by atoms with Gasteiger partial charge in [-0.25, -0.2) is 0 Å². The molecular formula is C13H22O2. The van der Waals surface area contributed by atoms with Crippen LogP contribution in [0.1, 0.15) is 53.4 Å². The van der Waals surface area contributed by atoms with E-state index in [1.54, 1.807) is 0 Å². The van der Waals surface area contributed by atoms with E-state index in [4.69, 9.17) is 5.11 Å². The maximum Gasteiger partial charge on any atom is 0.303 e. The summed E-state index contributed by atoms with van der Waals surface area (Å²) in [5.41, 5.74) is 0.936. The minimum absolute atomic E-state index is 0.304. The summed E-state index contributed by atoms with van der Waals surface area (Å²) in [6.07, 6.45) is 3.92. The van der Waals surface area contributed by atoms with E-state index < -0.39 is 5.97 Å². The van der Waals surface area contributed by atoms with Crippen molar-refractivity contribution in [2.45, 2.75) is 53.4 Å². The molecule has 0 heterocycles. The molecule has 0 bridgehead atoms. The monoisotopic (exact) mass is 210 g/mol. The fourth-order valence-electron chi connectivity index (χ4n) is 4.68. The number of hydrogen-bond acceptors (Lipinski definition) is 1. The summed E-state index contributed by atoms with van der Waals surface area (Å²) in [7, 11) is 0. The zero-order valence-electron chi connectivity index (χ0n) is 10.3. The molecule has 0 aromatic carbocycles. The molecule has 2 rings (SSSR count). The van der Waals surface area contributed by atoms with Gasteiger partial charge in [-0.15, -0.1) is 0 Å². The third-order valence-corrected chi connectivity index (χ3v) is 5.97. The Bertz CT molecular complexity index is 288. The largest absolute Gasteiger partial charge is 0.481 e. The second-order valence-electron chi connectivity index (χ2n) is 6.41. The van der Waals surface area contributed by atoms with Crippen molar-refractivity contribution >= 4 is 5.97 Å². The van der Waals surface area contributed by atoms with Crippen LogP contribution in [0.4, 0.5) is 0 Å². The van der Waals surface area contributed by atoms with E-state index in [1.807, 2.05) is 0 Å². The van der Waals surface area contributed by atoms with Gasteiger partial charge in [0.1, 0.15) is 0 Å². The topological polar surface area (TPSA) is 37.3 Å². The Labute approximate surface area is 92.1 Å². The van der Waals surface area contributed by atoms with Crippen molar-refractivity contribution in [1.82, 2.24) is 0 Å². The van der Waals surface area contributed by atoms with Gasteiger partial charge in [0.05, 0.1) is 0 Å². The van der Waals surface area contributed by atoms with Crippen LogP contribution in [0.3, 0.4) is 0 Å². The van der Waals surface area contributed by atoms with Gasteiger partial charge < -0.3 is 5.11 Å². The number of carbonyl (C=O) groups is 1. The molecule has 15 heavy (non-hydrogen) atoms. The second kappa shape index (κ2) is 2.78. The third kappa shape index (κ3) is 1.03. The van der Waals surface area contributed by atoms with Crippen LogP contribution in [-0.2, 0) is 4.79 Å². The lowest BCUT2D eigenvalue weighted by atomic mass is 9.81. The first-order valence-corrected chi connectivity index (χ1v) is 5.99. The quantitative estimate of drug-likeness (QED) is 0.759. The average molecular weight is 210 g/mol. The molecule has 0 aromatic heterocycles. The van der Waals surface area contributed by atoms with Crippen LogP contribution in [0.2, 0.25) is 0 Å². The van der Waals surface area contributed by atoms with Crippen LogP contribution in [0.25, 0.3) is 0 Å². The Morgan fingerprint density at radius 3 is 2.20 bits per heavy atom. The molecule has 0 aromatic rings. The number of carboxylic acids is 1. The van der Waals surface area contributed by atoms with Crippen molar-refractivity contribution in [3.63, 3.8) is 0 Å². The molecule has 2 aliphatic carbocycles. The molecule has 2 saturated carbocycles. The standard InChI is InChI=1S/C13H22O2/c1-11(2)12(3,4)13(11)7-5-6-9(13)8-10(14)15/h9H,5-8H2,1-4H3,(H,14,15). The number of rotatable bonds is 2. The minimum atomic E-state index is -0.625. The maximum atomic E-state index is 10.9. The lowest BCUT2D eigenvalue weighted by Gasteiger charge is -2.22. The molecule has 86 valence electrons. The van der Waals surface area contributed by atoms with Crippen molar-refractivity contribution in [2.75, 3.05) is 0 Å². The minimum Gasteiger partial charge on any atom is -0.481 e. The molecule has 0 amide bonds. The summed E-state index contributed by atoms with van der Waals surface area (Å²) >= 11 is 0. The number of carboxylic acid groups (broad SMARTS) is 1. The predicted molar refractivity (Wildman–Crippen MR) is 59.6 cm³/mol. The van der Waals surface area contributed by atoms with Gasteiger partial charge in [0.25, 0.3) is 0 Å². The molecule has 0 radical (unpaired) electrons. The van der Waals surface area contributed by atoms with E-state index in [1.165, 1.54) is 12.8 Å². The van der Waals surface area contributed by atoms with Gasteiger partial charge in [0, 0.05) is 6.42 Å². The fraction of sp³-hybridized carbons (Fsp3) is 0.923. The first-order chi connectivity index (χ1) is 6.77. The molecule has 2 nitrogen and oxygen atoms in total. The molecule has 2 heteroatoms. The van der Waals surface area contributed by atoms with Gasteiger partial charge in [-0.05, 0) is 35.0 Å². The Hall–Kier alpha value is -0.530. The van der Waals surface area contributed by atoms with Gasteiger partial charge in [0.15, 0.2) is 0 Å². The summed E-state index contributed by atoms with van der Waals surface area (Å²) < 4.78 is 0. The van der Waals surface area contributed by atoms with Gasteiger partial charge in [-0.2, -0.15) is 0 Å². The Kier molecular flexibility index (Phi) is 2.03. The smallest absolute Gasteiger partial charge is 0.303 e. The highest BCUT2D eigenvalue weighted by molar-refractivity contribution is 5.67. The predicted octanol–water partition coefficient (Wildman–Crippen LogP) is 3.31. The van der Waals surface area contributed by atoms with Crippen molar-refractivity contribution in [3.8, 4) is 0 Å². The Balaban J connectivity index is 2.26. The van der Waals surface area contributed by atoms with Crippen LogP contribution < -0.4 is 0 Å². The van der Waals surface area contributed by atoms with Crippen molar-refractivity contribution < 1.29 is 9.90 Å². The van der Waals surface area contributed by atoms with Crippen molar-refractivity contribution in [2.24, 2.45) is 22.2 Å². The first kappa shape index (κ1) is 11.0. The molecule has 0 aliphatic heterocycles. The number of hydrogen-bond donors (Lipinski definition) is 1. The summed E-state index contributed by atoms with van der Waals surface area (Å²) in [6.45, 7) is 9.25. The lowest BCUT2D eigenvalue weighted by molar-refractivity contribution is -0.138. The van der Waals surface area contributed by atoms with Gasteiger partial charge in [0.2, 0.25) is 0 Å². The van der Waals surface area contributed by atoms with Crippen LogP contribution in [0.15, 0.2) is 0 Å². The zero-order valence-corrected chi connectivity index (χ0v) is 10.3. The molecule has 1 atom stereocenters. The van der Waals surface area contributed by atoms with Crippen LogP contribution in [-0.4, -0.2) is 11.1 Å². The van der Waals surface area contributed by atoms with Crippen LogP contribution in [0.5, 0.6) is 0 Å².